The van der Waals surface area contributed by atoms with Gasteiger partial charge in [-0.2, -0.15) is 5.26 Å². The molecular formula is C18H17N3O5. The standard InChI is InChI=1S/C18H17N3O5/c1-3-25-17-9-13(10-19)7-8-16(17)26-11-18(22)20-14-5-4-6-15(12(14)2)21(23)24/h4-9H,3,11H2,1-2H3,(H,20,22). The number of nitro groups is 1. The van der Waals surface area contributed by atoms with Crippen molar-refractivity contribution in [2.45, 2.75) is 13.8 Å². The van der Waals surface area contributed by atoms with Gasteiger partial charge >= 0.3 is 0 Å². The molecule has 0 saturated carbocycles. The fourth-order valence-electron chi connectivity index (χ4n) is 2.25. The van der Waals surface area contributed by atoms with Gasteiger partial charge in [0, 0.05) is 12.1 Å². The van der Waals surface area contributed by atoms with Gasteiger partial charge in [0.1, 0.15) is 0 Å². The van der Waals surface area contributed by atoms with Crippen molar-refractivity contribution in [3.8, 4) is 17.6 Å². The number of nitriles is 1. The van der Waals surface area contributed by atoms with E-state index in [4.69, 9.17) is 14.7 Å². The third-order valence-corrected chi connectivity index (χ3v) is 3.51. The van der Waals surface area contributed by atoms with E-state index in [0.717, 1.165) is 0 Å². The summed E-state index contributed by atoms with van der Waals surface area (Å²) in [5.74, 6) is 0.225. The molecule has 0 unspecified atom stereocenters. The van der Waals surface area contributed by atoms with E-state index in [0.29, 0.717) is 34.9 Å². The summed E-state index contributed by atoms with van der Waals surface area (Å²) in [4.78, 5) is 22.6. The van der Waals surface area contributed by atoms with E-state index in [1.54, 1.807) is 32.0 Å². The molecule has 0 fully saturated rings. The van der Waals surface area contributed by atoms with Gasteiger partial charge in [0.15, 0.2) is 18.1 Å². The van der Waals surface area contributed by atoms with Crippen LogP contribution in [0.3, 0.4) is 0 Å². The van der Waals surface area contributed by atoms with Gasteiger partial charge in [-0.05, 0) is 32.0 Å². The van der Waals surface area contributed by atoms with Crippen LogP contribution in [0, 0.1) is 28.4 Å². The topological polar surface area (TPSA) is 114 Å². The molecule has 2 aromatic rings. The monoisotopic (exact) mass is 355 g/mol. The number of hydrogen-bond acceptors (Lipinski definition) is 6. The van der Waals surface area contributed by atoms with E-state index >= 15 is 0 Å². The Morgan fingerprint density at radius 2 is 2.04 bits per heavy atom. The predicted octanol–water partition coefficient (Wildman–Crippen LogP) is 3.19. The molecule has 134 valence electrons. The van der Waals surface area contributed by atoms with E-state index in [1.165, 1.54) is 18.2 Å². The van der Waals surface area contributed by atoms with Gasteiger partial charge in [-0.15, -0.1) is 0 Å². The van der Waals surface area contributed by atoms with Gasteiger partial charge in [-0.1, -0.05) is 6.07 Å². The lowest BCUT2D eigenvalue weighted by Gasteiger charge is -2.13. The van der Waals surface area contributed by atoms with Gasteiger partial charge in [-0.3, -0.25) is 14.9 Å². The second kappa shape index (κ2) is 8.48. The zero-order chi connectivity index (χ0) is 19.1. The fraction of sp³-hybridized carbons (Fsp3) is 0.222. The van der Waals surface area contributed by atoms with Crippen molar-refractivity contribution in [3.63, 3.8) is 0 Å². The third-order valence-electron chi connectivity index (χ3n) is 3.51. The van der Waals surface area contributed by atoms with Crippen LogP contribution in [0.4, 0.5) is 11.4 Å². The van der Waals surface area contributed by atoms with Crippen LogP contribution >= 0.6 is 0 Å². The van der Waals surface area contributed by atoms with Crippen molar-refractivity contribution in [2.24, 2.45) is 0 Å². The average Bonchev–Trinajstić information content (AvgIpc) is 2.62. The number of ether oxygens (including phenoxy) is 2. The summed E-state index contributed by atoms with van der Waals surface area (Å²) in [5, 5.41) is 22.5. The summed E-state index contributed by atoms with van der Waals surface area (Å²) >= 11 is 0. The van der Waals surface area contributed by atoms with E-state index in [-0.39, 0.29) is 12.3 Å². The Labute approximate surface area is 150 Å². The first-order chi connectivity index (χ1) is 12.5. The van der Waals surface area contributed by atoms with Crippen LogP contribution in [0.2, 0.25) is 0 Å². The zero-order valence-corrected chi connectivity index (χ0v) is 14.3. The molecule has 1 N–H and O–H groups in total. The maximum Gasteiger partial charge on any atom is 0.274 e. The minimum Gasteiger partial charge on any atom is -0.490 e. The Hall–Kier alpha value is -3.60. The average molecular weight is 355 g/mol. The van der Waals surface area contributed by atoms with Crippen molar-refractivity contribution in [2.75, 3.05) is 18.5 Å². The maximum atomic E-state index is 12.1. The second-order valence-corrected chi connectivity index (χ2v) is 5.25. The molecule has 2 rings (SSSR count). The molecule has 0 bridgehead atoms. The first-order valence-electron chi connectivity index (χ1n) is 7.79. The summed E-state index contributed by atoms with van der Waals surface area (Å²) in [6.45, 7) is 3.42. The second-order valence-electron chi connectivity index (χ2n) is 5.25. The van der Waals surface area contributed by atoms with Gasteiger partial charge in [-0.25, -0.2) is 0 Å². The highest BCUT2D eigenvalue weighted by Gasteiger charge is 2.15. The van der Waals surface area contributed by atoms with Gasteiger partial charge < -0.3 is 14.8 Å². The molecular weight excluding hydrogens is 338 g/mol. The Balaban J connectivity index is 2.07. The van der Waals surface area contributed by atoms with Crippen LogP contribution in [-0.4, -0.2) is 24.0 Å². The molecule has 0 saturated heterocycles. The summed E-state index contributed by atoms with van der Waals surface area (Å²) in [6, 6.07) is 11.1. The SMILES string of the molecule is CCOc1cc(C#N)ccc1OCC(=O)Nc1cccc([N+](=O)[O-])c1C. The smallest absolute Gasteiger partial charge is 0.274 e. The Kier molecular flexibility index (Phi) is 6.11. The normalized spacial score (nSPS) is 9.88. The number of nitrogens with zero attached hydrogens (tertiary/aromatic N) is 2. The van der Waals surface area contributed by atoms with E-state index in [9.17, 15) is 14.9 Å². The number of carbonyl (C=O) groups excluding carboxylic acids is 1. The van der Waals surface area contributed by atoms with E-state index in [1.807, 2.05) is 6.07 Å². The number of anilines is 1. The number of carbonyl (C=O) groups is 1. The highest BCUT2D eigenvalue weighted by Crippen LogP contribution is 2.28. The molecule has 8 heteroatoms. The number of nitro benzene ring substituents is 1. The van der Waals surface area contributed by atoms with E-state index in [2.05, 4.69) is 5.32 Å². The first kappa shape index (κ1) is 18.7. The van der Waals surface area contributed by atoms with Gasteiger partial charge in [0.2, 0.25) is 0 Å². The van der Waals surface area contributed by atoms with Crippen molar-refractivity contribution in [1.29, 1.82) is 5.26 Å². The molecule has 8 nitrogen and oxygen atoms in total. The summed E-state index contributed by atoms with van der Waals surface area (Å²) in [6.07, 6.45) is 0. The van der Waals surface area contributed by atoms with E-state index < -0.39 is 10.8 Å². The molecule has 0 aromatic heterocycles. The van der Waals surface area contributed by atoms with Crippen molar-refractivity contribution in [1.82, 2.24) is 0 Å². The molecule has 0 atom stereocenters. The number of amides is 1. The fourth-order valence-corrected chi connectivity index (χ4v) is 2.25. The van der Waals surface area contributed by atoms with Crippen LogP contribution in [0.1, 0.15) is 18.1 Å². The largest absolute Gasteiger partial charge is 0.490 e. The minimum atomic E-state index is -0.507. The van der Waals surface area contributed by atoms with Crippen molar-refractivity contribution in [3.05, 3.63) is 57.6 Å². The van der Waals surface area contributed by atoms with Crippen LogP contribution < -0.4 is 14.8 Å². The lowest BCUT2D eigenvalue weighted by molar-refractivity contribution is -0.385. The summed E-state index contributed by atoms with van der Waals surface area (Å²) in [5.41, 5.74) is 1.05. The summed E-state index contributed by atoms with van der Waals surface area (Å²) in [7, 11) is 0. The maximum absolute atomic E-state index is 12.1. The molecule has 2 aromatic carbocycles. The highest BCUT2D eigenvalue weighted by atomic mass is 16.6. The highest BCUT2D eigenvalue weighted by molar-refractivity contribution is 5.93. The number of hydrogen-bond donors (Lipinski definition) is 1. The lowest BCUT2D eigenvalue weighted by Crippen LogP contribution is -2.21. The Morgan fingerprint density at radius 1 is 1.27 bits per heavy atom. The molecule has 0 aliphatic carbocycles. The predicted molar refractivity (Wildman–Crippen MR) is 94.3 cm³/mol. The number of benzene rings is 2. The van der Waals surface area contributed by atoms with Gasteiger partial charge in [0.25, 0.3) is 11.6 Å². The Morgan fingerprint density at radius 3 is 2.69 bits per heavy atom. The van der Waals surface area contributed by atoms with Gasteiger partial charge in [0.05, 0.1) is 34.4 Å². The number of rotatable bonds is 7. The van der Waals surface area contributed by atoms with Crippen LogP contribution in [0.5, 0.6) is 11.5 Å². The molecule has 0 heterocycles. The van der Waals surface area contributed by atoms with Crippen LogP contribution in [-0.2, 0) is 4.79 Å². The quantitative estimate of drug-likeness (QED) is 0.602. The molecule has 0 spiro atoms. The lowest BCUT2D eigenvalue weighted by atomic mass is 10.1. The zero-order valence-electron chi connectivity index (χ0n) is 14.3. The molecule has 1 amide bonds. The summed E-state index contributed by atoms with van der Waals surface area (Å²) < 4.78 is 10.9. The van der Waals surface area contributed by atoms with Crippen molar-refractivity contribution >= 4 is 17.3 Å². The molecule has 0 aliphatic heterocycles. The van der Waals surface area contributed by atoms with Crippen molar-refractivity contribution < 1.29 is 19.2 Å². The number of nitrogens with one attached hydrogen (secondary N) is 1. The first-order valence-corrected chi connectivity index (χ1v) is 7.79. The van der Waals surface area contributed by atoms with Crippen LogP contribution in [0.15, 0.2) is 36.4 Å². The molecule has 26 heavy (non-hydrogen) atoms. The molecule has 0 aliphatic rings. The third kappa shape index (κ3) is 4.48. The van der Waals surface area contributed by atoms with Crippen LogP contribution in [0.25, 0.3) is 0 Å². The Bertz CT molecular complexity index is 874. The minimum absolute atomic E-state index is 0.0746. The molecule has 0 radical (unpaired) electrons.